The smallest absolute Gasteiger partial charge is 0.212 e. The van der Waals surface area contributed by atoms with Gasteiger partial charge in [-0.15, -0.1) is 6.42 Å². The first kappa shape index (κ1) is 18.3. The van der Waals surface area contributed by atoms with Crippen LogP contribution in [0, 0.1) is 12.3 Å². The summed E-state index contributed by atoms with van der Waals surface area (Å²) in [6, 6.07) is -0.466. The lowest BCUT2D eigenvalue weighted by Gasteiger charge is -2.37. The summed E-state index contributed by atoms with van der Waals surface area (Å²) >= 11 is 0. The number of ether oxygens (including phenoxy) is 4. The molecule has 136 valence electrons. The maximum absolute atomic E-state index is 6.33. The minimum absolute atomic E-state index is 0.161. The van der Waals surface area contributed by atoms with Gasteiger partial charge in [0.2, 0.25) is 8.32 Å². The van der Waals surface area contributed by atoms with E-state index in [1.807, 2.05) is 32.8 Å². The van der Waals surface area contributed by atoms with E-state index in [9.17, 15) is 0 Å². The minimum Gasteiger partial charge on any atom is -0.348 e. The SMILES string of the molecule is C#C[C@@H]1[C@H]2OC(C)(C)O[C@H]2[C@H]([C@@H]2COC(C)(C)O2)N1O[Si](C)(C)C. The van der Waals surface area contributed by atoms with E-state index >= 15 is 0 Å². The van der Waals surface area contributed by atoms with Crippen LogP contribution in [0.2, 0.25) is 19.6 Å². The Kier molecular flexibility index (Phi) is 4.41. The number of terminal acetylenes is 1. The predicted molar refractivity (Wildman–Crippen MR) is 91.4 cm³/mol. The van der Waals surface area contributed by atoms with Crippen molar-refractivity contribution in [3.8, 4) is 12.3 Å². The van der Waals surface area contributed by atoms with Gasteiger partial charge in [0.25, 0.3) is 0 Å². The van der Waals surface area contributed by atoms with E-state index in [0.717, 1.165) is 0 Å². The second-order valence-electron chi connectivity index (χ2n) is 8.60. The lowest BCUT2D eigenvalue weighted by atomic mass is 10.0. The van der Waals surface area contributed by atoms with Crippen molar-refractivity contribution in [3.63, 3.8) is 0 Å². The fourth-order valence-corrected chi connectivity index (χ4v) is 4.53. The van der Waals surface area contributed by atoms with E-state index in [2.05, 4.69) is 25.6 Å². The van der Waals surface area contributed by atoms with E-state index < -0.39 is 19.9 Å². The van der Waals surface area contributed by atoms with Crippen LogP contribution in [0.1, 0.15) is 27.7 Å². The van der Waals surface area contributed by atoms with Gasteiger partial charge in [0.1, 0.15) is 24.4 Å². The molecule has 0 saturated carbocycles. The van der Waals surface area contributed by atoms with Crippen LogP contribution >= 0.6 is 0 Å². The quantitative estimate of drug-likeness (QED) is 0.571. The Morgan fingerprint density at radius 2 is 1.67 bits per heavy atom. The van der Waals surface area contributed by atoms with E-state index in [1.54, 1.807) is 0 Å². The molecule has 24 heavy (non-hydrogen) atoms. The van der Waals surface area contributed by atoms with Gasteiger partial charge in [0, 0.05) is 0 Å². The third-order valence-electron chi connectivity index (χ3n) is 4.34. The average molecular weight is 356 g/mol. The zero-order chi connectivity index (χ0) is 17.9. The normalized spacial score (nSPS) is 41.3. The third-order valence-corrected chi connectivity index (χ3v) is 5.10. The van der Waals surface area contributed by atoms with Crippen molar-refractivity contribution in [2.24, 2.45) is 0 Å². The van der Waals surface area contributed by atoms with Crippen molar-refractivity contribution < 1.29 is 23.5 Å². The Hall–Kier alpha value is -0.463. The molecule has 3 saturated heterocycles. The van der Waals surface area contributed by atoms with Gasteiger partial charge in [-0.2, -0.15) is 5.06 Å². The topological polar surface area (TPSA) is 49.4 Å². The molecule has 0 N–H and O–H groups in total. The molecule has 3 rings (SSSR count). The molecule has 0 aromatic rings. The zero-order valence-electron chi connectivity index (χ0n) is 15.7. The number of hydrogen-bond acceptors (Lipinski definition) is 6. The summed E-state index contributed by atoms with van der Waals surface area (Å²) in [7, 11) is -1.87. The summed E-state index contributed by atoms with van der Waals surface area (Å²) in [5.74, 6) is 1.56. The van der Waals surface area contributed by atoms with Crippen LogP contribution in [0.15, 0.2) is 0 Å². The first-order valence-corrected chi connectivity index (χ1v) is 11.9. The average Bonchev–Trinajstić information content (AvgIpc) is 2.96. The van der Waals surface area contributed by atoms with Crippen LogP contribution in [0.5, 0.6) is 0 Å². The number of hydrogen-bond donors (Lipinski definition) is 0. The van der Waals surface area contributed by atoms with Crippen LogP contribution in [-0.4, -0.2) is 62.0 Å². The van der Waals surface area contributed by atoms with Crippen LogP contribution in [0.3, 0.4) is 0 Å². The molecule has 0 aliphatic carbocycles. The number of nitrogens with zero attached hydrogens (tertiary/aromatic N) is 1. The molecule has 5 atom stereocenters. The lowest BCUT2D eigenvalue weighted by molar-refractivity contribution is -0.219. The Labute approximate surface area is 145 Å². The fraction of sp³-hybridized carbons (Fsp3) is 0.882. The molecule has 0 amide bonds. The molecule has 7 heteroatoms. The molecular weight excluding hydrogens is 326 g/mol. The summed E-state index contributed by atoms with van der Waals surface area (Å²) < 4.78 is 30.5. The monoisotopic (exact) mass is 355 g/mol. The van der Waals surface area contributed by atoms with E-state index in [1.165, 1.54) is 0 Å². The fourth-order valence-electron chi connectivity index (χ4n) is 3.66. The van der Waals surface area contributed by atoms with Crippen LogP contribution < -0.4 is 0 Å². The van der Waals surface area contributed by atoms with Gasteiger partial charge < -0.3 is 23.5 Å². The highest BCUT2D eigenvalue weighted by Gasteiger charge is 2.62. The molecule has 6 nitrogen and oxygen atoms in total. The molecule has 0 aromatic heterocycles. The van der Waals surface area contributed by atoms with Crippen LogP contribution in [0.25, 0.3) is 0 Å². The maximum Gasteiger partial charge on any atom is 0.212 e. The maximum atomic E-state index is 6.33. The standard InChI is InChI=1S/C17H29NO5Si/c1-9-11-14-15(22-17(4,5)21-14)13(18(11)23-24(6,7)8)12-10-19-16(2,3)20-12/h1,11-15H,10H2,2-8H3/t11-,12+,13+,14-,15+/m1/s1. The minimum atomic E-state index is -1.87. The molecule has 3 aliphatic heterocycles. The summed E-state index contributed by atoms with van der Waals surface area (Å²) in [4.78, 5) is 0. The first-order chi connectivity index (χ1) is 10.9. The van der Waals surface area contributed by atoms with Gasteiger partial charge in [-0.05, 0) is 47.3 Å². The molecule has 0 aromatic carbocycles. The van der Waals surface area contributed by atoms with Crippen LogP contribution in [0.4, 0.5) is 0 Å². The van der Waals surface area contributed by atoms with E-state index in [0.29, 0.717) is 6.61 Å². The van der Waals surface area contributed by atoms with Gasteiger partial charge >= 0.3 is 0 Å². The lowest BCUT2D eigenvalue weighted by Crippen LogP contribution is -2.53. The van der Waals surface area contributed by atoms with E-state index in [4.69, 9.17) is 29.9 Å². The van der Waals surface area contributed by atoms with E-state index in [-0.39, 0.29) is 30.4 Å². The number of fused-ring (bicyclic) bond motifs is 1. The Morgan fingerprint density at radius 3 is 2.17 bits per heavy atom. The van der Waals surface area contributed by atoms with Gasteiger partial charge in [0.05, 0.1) is 12.6 Å². The molecule has 3 aliphatic rings. The van der Waals surface area contributed by atoms with Crippen molar-refractivity contribution in [1.29, 1.82) is 0 Å². The van der Waals surface area contributed by atoms with Crippen LogP contribution in [-0.2, 0) is 23.5 Å². The Balaban J connectivity index is 1.92. The second-order valence-corrected chi connectivity index (χ2v) is 13.0. The highest BCUT2D eigenvalue weighted by atomic mass is 28.4. The molecule has 0 spiro atoms. The predicted octanol–water partition coefficient (Wildman–Crippen LogP) is 2.11. The highest BCUT2D eigenvalue weighted by molar-refractivity contribution is 6.69. The zero-order valence-corrected chi connectivity index (χ0v) is 16.7. The van der Waals surface area contributed by atoms with Crippen molar-refractivity contribution in [1.82, 2.24) is 5.06 Å². The number of hydroxylamine groups is 2. The highest BCUT2D eigenvalue weighted by Crippen LogP contribution is 2.44. The summed E-state index contributed by atoms with van der Waals surface area (Å²) in [5, 5.41) is 1.90. The largest absolute Gasteiger partial charge is 0.348 e. The summed E-state index contributed by atoms with van der Waals surface area (Å²) in [5.41, 5.74) is 0. The number of rotatable bonds is 3. The third kappa shape index (κ3) is 3.42. The van der Waals surface area contributed by atoms with Gasteiger partial charge in [-0.3, -0.25) is 0 Å². The molecule has 0 bridgehead atoms. The van der Waals surface area contributed by atoms with Crippen molar-refractivity contribution in [3.05, 3.63) is 0 Å². The first-order valence-electron chi connectivity index (χ1n) is 8.53. The molecule has 3 fully saturated rings. The second kappa shape index (κ2) is 5.78. The molecule has 3 heterocycles. The molecule has 0 unspecified atom stereocenters. The molecule has 0 radical (unpaired) electrons. The summed E-state index contributed by atoms with van der Waals surface area (Å²) in [6.07, 6.45) is 5.21. The summed E-state index contributed by atoms with van der Waals surface area (Å²) in [6.45, 7) is 14.5. The Morgan fingerprint density at radius 1 is 1.04 bits per heavy atom. The molecular formula is C17H29NO5Si. The van der Waals surface area contributed by atoms with Crippen molar-refractivity contribution in [2.45, 2.75) is 89.3 Å². The van der Waals surface area contributed by atoms with Gasteiger partial charge in [0.15, 0.2) is 11.6 Å². The van der Waals surface area contributed by atoms with Crippen molar-refractivity contribution >= 4 is 8.32 Å². The van der Waals surface area contributed by atoms with Gasteiger partial charge in [-0.25, -0.2) is 0 Å². The van der Waals surface area contributed by atoms with Crippen molar-refractivity contribution in [2.75, 3.05) is 6.61 Å². The Bertz CT molecular complexity index is 538. The van der Waals surface area contributed by atoms with Gasteiger partial charge in [-0.1, -0.05) is 5.92 Å².